The highest BCUT2D eigenvalue weighted by molar-refractivity contribution is 5.32. The van der Waals surface area contributed by atoms with Gasteiger partial charge < -0.3 is 5.32 Å². The summed E-state index contributed by atoms with van der Waals surface area (Å²) >= 11 is 0. The molecule has 0 aliphatic heterocycles. The molecule has 1 nitrogen and oxygen atoms in total. The van der Waals surface area contributed by atoms with E-state index in [1.165, 1.54) is 18.4 Å². The number of hydrogen-bond acceptors (Lipinski definition) is 1. The molecule has 1 aliphatic rings. The van der Waals surface area contributed by atoms with Crippen LogP contribution in [0.5, 0.6) is 0 Å². The minimum Gasteiger partial charge on any atom is -0.317 e. The molecule has 0 spiro atoms. The van der Waals surface area contributed by atoms with Crippen LogP contribution in [0.2, 0.25) is 0 Å². The van der Waals surface area contributed by atoms with E-state index in [9.17, 15) is 0 Å². The van der Waals surface area contributed by atoms with Gasteiger partial charge in [-0.25, -0.2) is 0 Å². The second-order valence-corrected chi connectivity index (χ2v) is 4.67. The number of benzene rings is 1. The monoisotopic (exact) mass is 203 g/mol. The van der Waals surface area contributed by atoms with Crippen molar-refractivity contribution in [1.82, 2.24) is 5.32 Å². The molecule has 0 aromatic heterocycles. The molecule has 82 valence electrons. The van der Waals surface area contributed by atoms with Crippen molar-refractivity contribution >= 4 is 0 Å². The van der Waals surface area contributed by atoms with Crippen LogP contribution in [0.15, 0.2) is 24.3 Å². The van der Waals surface area contributed by atoms with Crippen LogP contribution in [0.3, 0.4) is 0 Å². The van der Waals surface area contributed by atoms with E-state index in [2.05, 4.69) is 50.5 Å². The van der Waals surface area contributed by atoms with E-state index in [1.54, 1.807) is 5.56 Å². The highest BCUT2D eigenvalue weighted by Gasteiger charge is 2.39. The molecule has 1 saturated carbocycles. The zero-order chi connectivity index (χ0) is 10.8. The van der Waals surface area contributed by atoms with Crippen LogP contribution in [0.25, 0.3) is 0 Å². The third-order valence-corrected chi connectivity index (χ3v) is 3.97. The molecule has 2 rings (SSSR count). The Morgan fingerprint density at radius 2 is 2.07 bits per heavy atom. The lowest BCUT2D eigenvalue weighted by atomic mass is 9.64. The molecule has 1 aliphatic carbocycles. The summed E-state index contributed by atoms with van der Waals surface area (Å²) in [6, 6.07) is 9.57. The summed E-state index contributed by atoms with van der Waals surface area (Å²) in [5.74, 6) is 1.62. The molecule has 1 aromatic carbocycles. The first-order chi connectivity index (χ1) is 7.27. The maximum absolute atomic E-state index is 3.42. The predicted molar refractivity (Wildman–Crippen MR) is 65.2 cm³/mol. The zero-order valence-corrected chi connectivity index (χ0v) is 9.96. The van der Waals surface area contributed by atoms with Crippen LogP contribution in [0.4, 0.5) is 0 Å². The van der Waals surface area contributed by atoms with Gasteiger partial charge in [-0.05, 0) is 43.4 Å². The van der Waals surface area contributed by atoms with Gasteiger partial charge in [0, 0.05) is 6.04 Å². The van der Waals surface area contributed by atoms with Crippen molar-refractivity contribution < 1.29 is 0 Å². The lowest BCUT2D eigenvalue weighted by Crippen LogP contribution is -2.47. The van der Waals surface area contributed by atoms with Gasteiger partial charge in [0.2, 0.25) is 0 Å². The van der Waals surface area contributed by atoms with Gasteiger partial charge >= 0.3 is 0 Å². The van der Waals surface area contributed by atoms with Crippen molar-refractivity contribution in [2.75, 3.05) is 7.05 Å². The fourth-order valence-electron chi connectivity index (χ4n) is 2.97. The highest BCUT2D eigenvalue weighted by Crippen LogP contribution is 2.45. The van der Waals surface area contributed by atoms with Crippen molar-refractivity contribution in [2.24, 2.45) is 5.92 Å². The van der Waals surface area contributed by atoms with E-state index in [-0.39, 0.29) is 0 Å². The van der Waals surface area contributed by atoms with Gasteiger partial charge in [0.25, 0.3) is 0 Å². The maximum Gasteiger partial charge on any atom is 0.0104 e. The van der Waals surface area contributed by atoms with Crippen molar-refractivity contribution in [3.05, 3.63) is 35.4 Å². The standard InChI is InChI=1S/C14H21N/c1-4-11-13(9-14(11)15-3)12-8-6-5-7-10(12)2/h5-8,11,13-15H,4,9H2,1-3H3. The van der Waals surface area contributed by atoms with Gasteiger partial charge in [-0.3, -0.25) is 0 Å². The first-order valence-electron chi connectivity index (χ1n) is 6.00. The van der Waals surface area contributed by atoms with Gasteiger partial charge in [0.1, 0.15) is 0 Å². The third kappa shape index (κ3) is 1.81. The minimum atomic E-state index is 0.736. The highest BCUT2D eigenvalue weighted by atomic mass is 14.9. The zero-order valence-electron chi connectivity index (χ0n) is 9.96. The normalized spacial score (nSPS) is 29.9. The van der Waals surface area contributed by atoms with Gasteiger partial charge in [0.15, 0.2) is 0 Å². The Morgan fingerprint density at radius 3 is 2.67 bits per heavy atom. The Labute approximate surface area is 92.9 Å². The Kier molecular flexibility index (Phi) is 3.11. The van der Waals surface area contributed by atoms with E-state index in [0.717, 1.165) is 17.9 Å². The van der Waals surface area contributed by atoms with Crippen LogP contribution in [0, 0.1) is 12.8 Å². The Bertz CT molecular complexity index is 332. The van der Waals surface area contributed by atoms with Crippen molar-refractivity contribution in [2.45, 2.75) is 38.6 Å². The summed E-state index contributed by atoms with van der Waals surface area (Å²) in [6.45, 7) is 4.54. The van der Waals surface area contributed by atoms with Crippen molar-refractivity contribution in [1.29, 1.82) is 0 Å². The molecule has 1 N–H and O–H groups in total. The van der Waals surface area contributed by atoms with E-state index >= 15 is 0 Å². The third-order valence-electron chi connectivity index (χ3n) is 3.97. The molecule has 0 radical (unpaired) electrons. The summed E-state index contributed by atoms with van der Waals surface area (Å²) in [7, 11) is 2.08. The molecule has 15 heavy (non-hydrogen) atoms. The van der Waals surface area contributed by atoms with Gasteiger partial charge in [-0.1, -0.05) is 37.6 Å². The number of rotatable bonds is 3. The Morgan fingerprint density at radius 1 is 1.33 bits per heavy atom. The fourth-order valence-corrected chi connectivity index (χ4v) is 2.97. The molecule has 3 atom stereocenters. The molecule has 1 aromatic rings. The predicted octanol–water partition coefficient (Wildman–Crippen LogP) is 3.10. The maximum atomic E-state index is 3.42. The number of nitrogens with one attached hydrogen (secondary N) is 1. The van der Waals surface area contributed by atoms with E-state index < -0.39 is 0 Å². The lowest BCUT2D eigenvalue weighted by Gasteiger charge is -2.45. The molecular weight excluding hydrogens is 182 g/mol. The van der Waals surface area contributed by atoms with E-state index in [1.807, 2.05) is 0 Å². The molecule has 0 saturated heterocycles. The van der Waals surface area contributed by atoms with Crippen LogP contribution in [-0.2, 0) is 0 Å². The average molecular weight is 203 g/mol. The number of hydrogen-bond donors (Lipinski definition) is 1. The molecule has 1 heteroatoms. The summed E-state index contributed by atoms with van der Waals surface area (Å²) in [5.41, 5.74) is 3.02. The van der Waals surface area contributed by atoms with Crippen LogP contribution in [0.1, 0.15) is 36.8 Å². The quantitative estimate of drug-likeness (QED) is 0.796. The molecule has 3 unspecified atom stereocenters. The molecular formula is C14H21N. The average Bonchev–Trinajstić information content (AvgIpc) is 2.21. The van der Waals surface area contributed by atoms with Crippen LogP contribution in [-0.4, -0.2) is 13.1 Å². The summed E-state index contributed by atoms with van der Waals surface area (Å²) in [5, 5.41) is 3.42. The second kappa shape index (κ2) is 4.36. The largest absolute Gasteiger partial charge is 0.317 e. The molecule has 0 heterocycles. The minimum absolute atomic E-state index is 0.736. The van der Waals surface area contributed by atoms with E-state index in [4.69, 9.17) is 0 Å². The summed E-state index contributed by atoms with van der Waals surface area (Å²) < 4.78 is 0. The van der Waals surface area contributed by atoms with Gasteiger partial charge in [-0.15, -0.1) is 0 Å². The topological polar surface area (TPSA) is 12.0 Å². The van der Waals surface area contributed by atoms with Crippen molar-refractivity contribution in [3.8, 4) is 0 Å². The van der Waals surface area contributed by atoms with E-state index in [0.29, 0.717) is 0 Å². The van der Waals surface area contributed by atoms with Crippen molar-refractivity contribution in [3.63, 3.8) is 0 Å². The molecule has 0 bridgehead atoms. The van der Waals surface area contributed by atoms with Crippen LogP contribution < -0.4 is 5.32 Å². The Balaban J connectivity index is 2.16. The Hall–Kier alpha value is -0.820. The van der Waals surface area contributed by atoms with Gasteiger partial charge in [0.05, 0.1) is 0 Å². The molecule has 0 amide bonds. The summed E-state index contributed by atoms with van der Waals surface area (Å²) in [6.07, 6.45) is 2.59. The smallest absolute Gasteiger partial charge is 0.0104 e. The first kappa shape index (κ1) is 10.7. The van der Waals surface area contributed by atoms with Gasteiger partial charge in [-0.2, -0.15) is 0 Å². The van der Waals surface area contributed by atoms with Crippen LogP contribution >= 0.6 is 0 Å². The SMILES string of the molecule is CCC1C(NC)CC1c1ccccc1C. The second-order valence-electron chi connectivity index (χ2n) is 4.67. The molecule has 1 fully saturated rings. The fraction of sp³-hybridized carbons (Fsp3) is 0.571. The summed E-state index contributed by atoms with van der Waals surface area (Å²) in [4.78, 5) is 0. The lowest BCUT2D eigenvalue weighted by molar-refractivity contribution is 0.168. The number of aryl methyl sites for hydroxylation is 1. The first-order valence-corrected chi connectivity index (χ1v) is 6.00.